The van der Waals surface area contributed by atoms with Crippen molar-refractivity contribution < 1.29 is 14.0 Å². The lowest BCUT2D eigenvalue weighted by Gasteiger charge is -2.21. The maximum absolute atomic E-state index is 12.8. The Bertz CT molecular complexity index is 837. The van der Waals surface area contributed by atoms with Crippen LogP contribution in [-0.2, 0) is 17.9 Å². The van der Waals surface area contributed by atoms with Crippen molar-refractivity contribution in [3.8, 4) is 0 Å². The summed E-state index contributed by atoms with van der Waals surface area (Å²) in [6.45, 7) is 2.53. The molecule has 25 heavy (non-hydrogen) atoms. The lowest BCUT2D eigenvalue weighted by atomic mass is 10.1. The molecule has 0 saturated heterocycles. The van der Waals surface area contributed by atoms with Crippen molar-refractivity contribution in [1.29, 1.82) is 0 Å². The second-order valence-corrected chi connectivity index (χ2v) is 5.92. The minimum absolute atomic E-state index is 0.248. The number of hydrogen-bond acceptors (Lipinski definition) is 3. The summed E-state index contributed by atoms with van der Waals surface area (Å²) in [6, 6.07) is 20.2. The van der Waals surface area contributed by atoms with Gasteiger partial charge >= 0.3 is 0 Å². The Morgan fingerprint density at radius 2 is 1.60 bits per heavy atom. The predicted molar refractivity (Wildman–Crippen MR) is 94.9 cm³/mol. The summed E-state index contributed by atoms with van der Waals surface area (Å²) in [4.78, 5) is 26.9. The van der Waals surface area contributed by atoms with Crippen LogP contribution in [0.1, 0.15) is 27.2 Å². The Hall–Kier alpha value is -3.14. The van der Waals surface area contributed by atoms with Crippen molar-refractivity contribution in [2.24, 2.45) is 0 Å². The molecule has 0 aliphatic rings. The Balaban J connectivity index is 1.83. The van der Waals surface area contributed by atoms with E-state index in [1.165, 1.54) is 4.90 Å². The first-order valence-corrected chi connectivity index (χ1v) is 8.10. The van der Waals surface area contributed by atoms with Gasteiger partial charge < -0.3 is 9.32 Å². The molecule has 0 spiro atoms. The number of Topliss-reactive ketones (excluding diaryl/α,β-unsaturated/α-hetero) is 1. The number of hydrogen-bond donors (Lipinski definition) is 0. The summed E-state index contributed by atoms with van der Waals surface area (Å²) in [7, 11) is 0. The summed E-state index contributed by atoms with van der Waals surface area (Å²) in [5.74, 6) is -0.410. The van der Waals surface area contributed by atoms with E-state index in [1.807, 2.05) is 49.4 Å². The summed E-state index contributed by atoms with van der Waals surface area (Å²) in [5, 5.41) is 0. The summed E-state index contributed by atoms with van der Waals surface area (Å²) in [5.41, 5.74) is 2.40. The summed E-state index contributed by atoms with van der Waals surface area (Å²) >= 11 is 0. The minimum atomic E-state index is -0.538. The fourth-order valence-electron chi connectivity index (χ4n) is 2.57. The van der Waals surface area contributed by atoms with Crippen LogP contribution < -0.4 is 0 Å². The largest absolute Gasteiger partial charge is 0.467 e. The highest BCUT2D eigenvalue weighted by atomic mass is 16.3. The zero-order valence-electron chi connectivity index (χ0n) is 14.0. The van der Waals surface area contributed by atoms with Crippen LogP contribution in [0, 0.1) is 6.92 Å². The van der Waals surface area contributed by atoms with Gasteiger partial charge in [-0.05, 0) is 24.6 Å². The van der Waals surface area contributed by atoms with Crippen LogP contribution in [0.5, 0.6) is 0 Å². The molecule has 0 bridgehead atoms. The average molecular weight is 333 g/mol. The first kappa shape index (κ1) is 16.7. The van der Waals surface area contributed by atoms with Crippen LogP contribution in [0.3, 0.4) is 0 Å². The van der Waals surface area contributed by atoms with Crippen molar-refractivity contribution in [3.63, 3.8) is 0 Å². The Morgan fingerprint density at radius 1 is 0.880 bits per heavy atom. The number of benzene rings is 2. The average Bonchev–Trinajstić information content (AvgIpc) is 3.14. The summed E-state index contributed by atoms with van der Waals surface area (Å²) in [6.07, 6.45) is 1.56. The second-order valence-electron chi connectivity index (χ2n) is 5.92. The van der Waals surface area contributed by atoms with Gasteiger partial charge in [-0.2, -0.15) is 0 Å². The normalized spacial score (nSPS) is 10.4. The number of ketones is 1. The highest BCUT2D eigenvalue weighted by Crippen LogP contribution is 2.14. The van der Waals surface area contributed by atoms with Crippen LogP contribution in [0.2, 0.25) is 0 Å². The third kappa shape index (κ3) is 4.23. The lowest BCUT2D eigenvalue weighted by Crippen LogP contribution is -2.35. The van der Waals surface area contributed by atoms with Crippen LogP contribution >= 0.6 is 0 Å². The van der Waals surface area contributed by atoms with Gasteiger partial charge in [0.05, 0.1) is 12.8 Å². The molecule has 0 atom stereocenters. The molecule has 0 fully saturated rings. The lowest BCUT2D eigenvalue weighted by molar-refractivity contribution is -0.127. The van der Waals surface area contributed by atoms with Crippen molar-refractivity contribution in [3.05, 3.63) is 95.4 Å². The Kier molecular flexibility index (Phi) is 5.09. The van der Waals surface area contributed by atoms with Crippen LogP contribution in [-0.4, -0.2) is 16.6 Å². The molecule has 3 aromatic rings. The molecular formula is C21H19NO3. The van der Waals surface area contributed by atoms with E-state index in [1.54, 1.807) is 30.5 Å². The van der Waals surface area contributed by atoms with E-state index in [4.69, 9.17) is 4.42 Å². The van der Waals surface area contributed by atoms with Gasteiger partial charge in [-0.1, -0.05) is 60.2 Å². The highest BCUT2D eigenvalue weighted by Gasteiger charge is 2.24. The molecule has 4 heteroatoms. The molecule has 0 unspecified atom stereocenters. The fraction of sp³-hybridized carbons (Fsp3) is 0.143. The van der Waals surface area contributed by atoms with Crippen LogP contribution in [0.4, 0.5) is 0 Å². The van der Waals surface area contributed by atoms with Gasteiger partial charge in [-0.15, -0.1) is 0 Å². The fourth-order valence-corrected chi connectivity index (χ4v) is 2.57. The molecule has 0 aliphatic carbocycles. The molecule has 1 amide bonds. The van der Waals surface area contributed by atoms with E-state index in [0.717, 1.165) is 11.1 Å². The third-order valence-electron chi connectivity index (χ3n) is 3.94. The van der Waals surface area contributed by atoms with Gasteiger partial charge in [0.2, 0.25) is 5.78 Å². The van der Waals surface area contributed by atoms with E-state index in [9.17, 15) is 9.59 Å². The molecule has 3 rings (SSSR count). The number of furan rings is 1. The van der Waals surface area contributed by atoms with Gasteiger partial charge in [0.1, 0.15) is 5.76 Å². The molecule has 0 radical (unpaired) electrons. The van der Waals surface area contributed by atoms with Gasteiger partial charge in [0.15, 0.2) is 0 Å². The minimum Gasteiger partial charge on any atom is -0.467 e. The van der Waals surface area contributed by atoms with Crippen molar-refractivity contribution >= 4 is 11.7 Å². The van der Waals surface area contributed by atoms with E-state index < -0.39 is 11.7 Å². The zero-order chi connectivity index (χ0) is 17.6. The number of aryl methyl sites for hydroxylation is 1. The maximum atomic E-state index is 12.8. The zero-order valence-corrected chi connectivity index (χ0v) is 14.0. The standard InChI is InChI=1S/C21H19NO3/c1-16-9-11-18(12-10-16)20(23)21(24)22(15-19-8-5-13-25-19)14-17-6-3-2-4-7-17/h2-13H,14-15H2,1H3. The first-order chi connectivity index (χ1) is 12.1. The van der Waals surface area contributed by atoms with E-state index in [2.05, 4.69) is 0 Å². The monoisotopic (exact) mass is 333 g/mol. The number of nitrogens with zero attached hydrogens (tertiary/aromatic N) is 1. The summed E-state index contributed by atoms with van der Waals surface area (Å²) < 4.78 is 5.35. The van der Waals surface area contributed by atoms with Gasteiger partial charge in [-0.3, -0.25) is 9.59 Å². The number of carbonyl (C=O) groups excluding carboxylic acids is 2. The Labute approximate surface area is 146 Å². The van der Waals surface area contributed by atoms with Crippen molar-refractivity contribution in [2.75, 3.05) is 0 Å². The smallest absolute Gasteiger partial charge is 0.295 e. The molecule has 2 aromatic carbocycles. The number of amides is 1. The predicted octanol–water partition coefficient (Wildman–Crippen LogP) is 4.00. The molecular weight excluding hydrogens is 314 g/mol. The first-order valence-electron chi connectivity index (χ1n) is 8.10. The van der Waals surface area contributed by atoms with Gasteiger partial charge in [0.25, 0.3) is 5.91 Å². The molecule has 1 heterocycles. The molecule has 4 nitrogen and oxygen atoms in total. The van der Waals surface area contributed by atoms with Crippen molar-refractivity contribution in [2.45, 2.75) is 20.0 Å². The van der Waals surface area contributed by atoms with Crippen molar-refractivity contribution in [1.82, 2.24) is 4.90 Å². The van der Waals surface area contributed by atoms with E-state index in [-0.39, 0.29) is 6.54 Å². The highest BCUT2D eigenvalue weighted by molar-refractivity contribution is 6.42. The SMILES string of the molecule is Cc1ccc(C(=O)C(=O)N(Cc2ccccc2)Cc2ccco2)cc1. The van der Waals surface area contributed by atoms with Gasteiger partial charge in [-0.25, -0.2) is 0 Å². The van der Waals surface area contributed by atoms with E-state index in [0.29, 0.717) is 17.9 Å². The molecule has 0 N–H and O–H groups in total. The van der Waals surface area contributed by atoms with Crippen LogP contribution in [0.25, 0.3) is 0 Å². The van der Waals surface area contributed by atoms with Gasteiger partial charge in [0, 0.05) is 12.1 Å². The van der Waals surface area contributed by atoms with E-state index >= 15 is 0 Å². The molecule has 1 aromatic heterocycles. The third-order valence-corrected chi connectivity index (χ3v) is 3.94. The molecule has 126 valence electrons. The topological polar surface area (TPSA) is 50.5 Å². The van der Waals surface area contributed by atoms with Crippen LogP contribution in [0.15, 0.2) is 77.4 Å². The Morgan fingerprint density at radius 3 is 2.24 bits per heavy atom. The second kappa shape index (κ2) is 7.62. The molecule has 0 aliphatic heterocycles. The number of rotatable bonds is 6. The number of carbonyl (C=O) groups is 2. The molecule has 0 saturated carbocycles. The maximum Gasteiger partial charge on any atom is 0.295 e. The quantitative estimate of drug-likeness (QED) is 0.506.